The minimum Gasteiger partial charge on any atom is -0.331 e. The number of halogens is 2. The van der Waals surface area contributed by atoms with Crippen LogP contribution in [0.5, 0.6) is 0 Å². The molecule has 3 unspecified atom stereocenters. The maximum Gasteiger partial charge on any atom is 0.226 e. The second-order valence-corrected chi connectivity index (χ2v) is 12.2. The molecule has 2 aromatic carbocycles. The number of piperidine rings is 1. The second kappa shape index (κ2) is 13.3. The van der Waals surface area contributed by atoms with Gasteiger partial charge in [-0.2, -0.15) is 0 Å². The van der Waals surface area contributed by atoms with Gasteiger partial charge in [-0.05, 0) is 55.0 Å². The molecule has 1 heterocycles. The Labute approximate surface area is 214 Å². The van der Waals surface area contributed by atoms with Crippen LogP contribution in [0, 0.1) is 11.8 Å². The Hall–Kier alpha value is -1.82. The summed E-state index contributed by atoms with van der Waals surface area (Å²) in [4.78, 5) is 15.2. The van der Waals surface area contributed by atoms with Crippen LogP contribution in [0.25, 0.3) is 0 Å². The molecule has 1 amide bonds. The number of carbonyl (C=O) groups is 1. The third kappa shape index (κ3) is 8.14. The zero-order chi connectivity index (χ0) is 25.3. The molecule has 0 N–H and O–H groups in total. The Morgan fingerprint density at radius 3 is 2.09 bits per heavy atom. The van der Waals surface area contributed by atoms with Gasteiger partial charge < -0.3 is 4.90 Å². The average Bonchev–Trinajstić information content (AvgIpc) is 2.80. The van der Waals surface area contributed by atoms with Crippen molar-refractivity contribution in [2.24, 2.45) is 11.8 Å². The maximum absolute atomic E-state index is 13.3. The molecule has 1 saturated heterocycles. The van der Waals surface area contributed by atoms with E-state index in [1.807, 2.05) is 73.3 Å². The van der Waals surface area contributed by atoms with Crippen LogP contribution in [-0.4, -0.2) is 36.8 Å². The number of allylic oxidation sites excluding steroid dienone is 1. The molecule has 0 aromatic heterocycles. The first-order valence-corrected chi connectivity index (χ1v) is 14.3. The van der Waals surface area contributed by atoms with Gasteiger partial charge in [-0.25, -0.2) is 8.42 Å². The van der Waals surface area contributed by atoms with Crippen molar-refractivity contribution in [2.75, 3.05) is 11.5 Å². The summed E-state index contributed by atoms with van der Waals surface area (Å²) in [5, 5.41) is 1.44. The molecule has 0 radical (unpaired) electrons. The molecular formula is C27H35Cl2NO3S. The highest BCUT2D eigenvalue weighted by atomic mass is 35.5. The van der Waals surface area contributed by atoms with Crippen molar-refractivity contribution in [1.29, 1.82) is 0 Å². The minimum absolute atomic E-state index is 0.00218. The summed E-state index contributed by atoms with van der Waals surface area (Å²) >= 11 is 11.6. The van der Waals surface area contributed by atoms with Gasteiger partial charge in [0.15, 0.2) is 9.84 Å². The predicted octanol–water partition coefficient (Wildman–Crippen LogP) is 7.00. The van der Waals surface area contributed by atoms with Crippen LogP contribution in [0.15, 0.2) is 67.3 Å². The zero-order valence-corrected chi connectivity index (χ0v) is 22.5. The number of carbonyl (C=O) groups excluding carboxylic acids is 1. The number of amides is 1. The van der Waals surface area contributed by atoms with Crippen LogP contribution in [0.1, 0.15) is 51.6 Å². The molecule has 0 aliphatic carbocycles. The van der Waals surface area contributed by atoms with Crippen LogP contribution in [0.4, 0.5) is 0 Å². The van der Waals surface area contributed by atoms with Crippen molar-refractivity contribution < 1.29 is 13.2 Å². The Kier molecular flexibility index (Phi) is 11.1. The fourth-order valence-corrected chi connectivity index (χ4v) is 5.77. The summed E-state index contributed by atoms with van der Waals surface area (Å²) in [5.74, 6) is 0.0212. The van der Waals surface area contributed by atoms with E-state index in [1.54, 1.807) is 13.0 Å². The molecule has 186 valence electrons. The lowest BCUT2D eigenvalue weighted by Crippen LogP contribution is -2.53. The fourth-order valence-electron chi connectivity index (χ4n) is 4.20. The van der Waals surface area contributed by atoms with Gasteiger partial charge in [-0.1, -0.05) is 80.4 Å². The molecule has 0 bridgehead atoms. The molecule has 3 atom stereocenters. The van der Waals surface area contributed by atoms with Gasteiger partial charge in [0.1, 0.15) is 0 Å². The summed E-state index contributed by atoms with van der Waals surface area (Å²) in [6.07, 6.45) is 3.98. The number of sulfone groups is 1. The number of hydrogen-bond acceptors (Lipinski definition) is 3. The third-order valence-corrected chi connectivity index (χ3v) is 8.39. The van der Waals surface area contributed by atoms with Crippen molar-refractivity contribution in [2.45, 2.75) is 52.1 Å². The van der Waals surface area contributed by atoms with Gasteiger partial charge in [0.05, 0.1) is 11.8 Å². The summed E-state index contributed by atoms with van der Waals surface area (Å²) in [5.41, 5.74) is 1.00. The Balaban J connectivity index is 0.000000497. The molecule has 4 nitrogen and oxygen atoms in total. The monoisotopic (exact) mass is 523 g/mol. The molecule has 7 heteroatoms. The van der Waals surface area contributed by atoms with Crippen molar-refractivity contribution in [1.82, 2.24) is 4.90 Å². The molecule has 3 rings (SSSR count). The fraction of sp³-hybridized carbons (Fsp3) is 0.444. The summed E-state index contributed by atoms with van der Waals surface area (Å²) in [6.45, 7) is 9.40. The van der Waals surface area contributed by atoms with Gasteiger partial charge in [-0.3, -0.25) is 4.79 Å². The number of nitrogens with zero attached hydrogens (tertiary/aromatic N) is 1. The molecule has 0 saturated carbocycles. The first kappa shape index (κ1) is 28.4. The van der Waals surface area contributed by atoms with Gasteiger partial charge in [0.25, 0.3) is 0 Å². The van der Waals surface area contributed by atoms with Gasteiger partial charge in [-0.15, -0.1) is 6.58 Å². The van der Waals surface area contributed by atoms with E-state index in [0.29, 0.717) is 11.4 Å². The van der Waals surface area contributed by atoms with Crippen LogP contribution >= 0.6 is 23.2 Å². The summed E-state index contributed by atoms with van der Waals surface area (Å²) < 4.78 is 24.8. The highest BCUT2D eigenvalue weighted by molar-refractivity contribution is 7.91. The van der Waals surface area contributed by atoms with E-state index < -0.39 is 9.84 Å². The summed E-state index contributed by atoms with van der Waals surface area (Å²) in [6, 6.07) is 16.5. The van der Waals surface area contributed by atoms with Crippen molar-refractivity contribution in [3.63, 3.8) is 0 Å². The molecule has 1 aliphatic rings. The maximum atomic E-state index is 13.3. The van der Waals surface area contributed by atoms with Gasteiger partial charge in [0, 0.05) is 27.8 Å². The van der Waals surface area contributed by atoms with Crippen molar-refractivity contribution in [3.8, 4) is 0 Å². The average molecular weight is 525 g/mol. The molecule has 1 aliphatic heterocycles. The standard InChI is InChI=1S/C21H30ClNO3S.C6H5Cl/c1-5-7-17-10-13-19(16-8-11-18(22)12-9-16)23(21(17)24)20(15(3)4)14-27(25,26)6-2;7-6-4-2-1-3-5-6/h5,8-9,11-12,15,17,19-20H,1,6-7,10,13-14H2,2-4H3;1-5H. The van der Waals surface area contributed by atoms with Crippen LogP contribution in [0.2, 0.25) is 10.0 Å². The van der Waals surface area contributed by atoms with Crippen molar-refractivity contribution >= 4 is 38.9 Å². The summed E-state index contributed by atoms with van der Waals surface area (Å²) in [7, 11) is -3.21. The predicted molar refractivity (Wildman–Crippen MR) is 143 cm³/mol. The lowest BCUT2D eigenvalue weighted by molar-refractivity contribution is -0.146. The van der Waals surface area contributed by atoms with Crippen LogP contribution < -0.4 is 0 Å². The Morgan fingerprint density at radius 1 is 1.03 bits per heavy atom. The molecule has 0 spiro atoms. The SMILES string of the molecule is C=CCC1CCC(c2ccc(Cl)cc2)N(C(CS(=O)(=O)CC)C(C)C)C1=O.Clc1ccccc1. The normalized spacial score (nSPS) is 19.4. The smallest absolute Gasteiger partial charge is 0.226 e. The van der Waals surface area contributed by atoms with Crippen LogP contribution in [-0.2, 0) is 14.6 Å². The van der Waals surface area contributed by atoms with Gasteiger partial charge in [0.2, 0.25) is 5.91 Å². The number of likely N-dealkylation sites (tertiary alicyclic amines) is 1. The molecule has 1 fully saturated rings. The van der Waals surface area contributed by atoms with E-state index in [4.69, 9.17) is 23.2 Å². The molecule has 2 aromatic rings. The number of rotatable bonds is 8. The van der Waals surface area contributed by atoms with Crippen LogP contribution in [0.3, 0.4) is 0 Å². The van der Waals surface area contributed by atoms with Gasteiger partial charge >= 0.3 is 0 Å². The minimum atomic E-state index is -3.21. The van der Waals surface area contributed by atoms with Crippen molar-refractivity contribution in [3.05, 3.63) is 82.9 Å². The first-order valence-electron chi connectivity index (χ1n) is 11.7. The quantitative estimate of drug-likeness (QED) is 0.350. The molecule has 34 heavy (non-hydrogen) atoms. The Bertz CT molecular complexity index is 1020. The largest absolute Gasteiger partial charge is 0.331 e. The number of benzene rings is 2. The van der Waals surface area contributed by atoms with E-state index in [0.717, 1.165) is 23.4 Å². The highest BCUT2D eigenvalue weighted by Gasteiger charge is 2.41. The van der Waals surface area contributed by atoms with E-state index in [1.165, 1.54) is 0 Å². The molecular weight excluding hydrogens is 489 g/mol. The topological polar surface area (TPSA) is 54.5 Å². The lowest BCUT2D eigenvalue weighted by Gasteiger charge is -2.45. The van der Waals surface area contributed by atoms with E-state index >= 15 is 0 Å². The second-order valence-electron chi connectivity index (χ2n) is 8.92. The highest BCUT2D eigenvalue weighted by Crippen LogP contribution is 2.39. The van der Waals surface area contributed by atoms with E-state index in [2.05, 4.69) is 6.58 Å². The lowest BCUT2D eigenvalue weighted by atomic mass is 9.84. The zero-order valence-electron chi connectivity index (χ0n) is 20.2. The first-order chi connectivity index (χ1) is 16.1. The Morgan fingerprint density at radius 2 is 1.62 bits per heavy atom. The van der Waals surface area contributed by atoms with E-state index in [-0.39, 0.29) is 41.3 Å². The third-order valence-electron chi connectivity index (χ3n) is 6.16. The van der Waals surface area contributed by atoms with E-state index in [9.17, 15) is 13.2 Å². The number of hydrogen-bond donors (Lipinski definition) is 0.